The third-order valence-electron chi connectivity index (χ3n) is 2.94. The van der Waals surface area contributed by atoms with Crippen molar-refractivity contribution < 1.29 is 23.8 Å². The molecule has 0 atom stereocenters. The van der Waals surface area contributed by atoms with Gasteiger partial charge in [-0.15, -0.1) is 10.2 Å². The number of nitrogens with zero attached hydrogens (tertiary/aromatic N) is 2. The number of thioether (sulfide) groups is 1. The molecule has 2 aromatic rings. The molecule has 0 bridgehead atoms. The first kappa shape index (κ1) is 17.9. The van der Waals surface area contributed by atoms with Gasteiger partial charge in [0.15, 0.2) is 11.5 Å². The van der Waals surface area contributed by atoms with Gasteiger partial charge in [0.1, 0.15) is 4.91 Å². The molecule has 0 aliphatic heterocycles. The van der Waals surface area contributed by atoms with Gasteiger partial charge in [-0.3, -0.25) is 0 Å². The van der Waals surface area contributed by atoms with Crippen LogP contribution in [0.5, 0.6) is 11.5 Å². The SMILES string of the molecule is CCOc1cc(/C=C(\Sc2nnc(CC)o2)C(=O)O)ccc1OC. The summed E-state index contributed by atoms with van der Waals surface area (Å²) in [5.41, 5.74) is 0.666. The van der Waals surface area contributed by atoms with Crippen molar-refractivity contribution in [2.75, 3.05) is 13.7 Å². The van der Waals surface area contributed by atoms with E-state index in [9.17, 15) is 9.90 Å². The van der Waals surface area contributed by atoms with Gasteiger partial charge in [0.25, 0.3) is 5.22 Å². The molecular formula is C16H18N2O5S. The van der Waals surface area contributed by atoms with Crippen LogP contribution in [0.2, 0.25) is 0 Å². The second kappa shape index (κ2) is 8.39. The van der Waals surface area contributed by atoms with Crippen LogP contribution in [-0.4, -0.2) is 35.0 Å². The van der Waals surface area contributed by atoms with Gasteiger partial charge in [0.05, 0.1) is 13.7 Å². The molecule has 1 aromatic heterocycles. The first-order chi connectivity index (χ1) is 11.6. The maximum absolute atomic E-state index is 11.5. The Labute approximate surface area is 143 Å². The van der Waals surface area contributed by atoms with Crippen molar-refractivity contribution in [3.8, 4) is 11.5 Å². The quantitative estimate of drug-likeness (QED) is 0.572. The zero-order valence-electron chi connectivity index (χ0n) is 13.6. The Morgan fingerprint density at radius 2 is 2.12 bits per heavy atom. The zero-order valence-corrected chi connectivity index (χ0v) is 14.4. The molecule has 0 fully saturated rings. The third-order valence-corrected chi connectivity index (χ3v) is 3.80. The van der Waals surface area contributed by atoms with Crippen LogP contribution in [0.4, 0.5) is 0 Å². The third kappa shape index (κ3) is 4.51. The summed E-state index contributed by atoms with van der Waals surface area (Å²) in [6, 6.07) is 5.19. The summed E-state index contributed by atoms with van der Waals surface area (Å²) in [5, 5.41) is 17.2. The lowest BCUT2D eigenvalue weighted by Crippen LogP contribution is -1.98. The van der Waals surface area contributed by atoms with Crippen molar-refractivity contribution in [3.05, 3.63) is 34.6 Å². The molecule has 0 unspecified atom stereocenters. The molecule has 0 spiro atoms. The van der Waals surface area contributed by atoms with Gasteiger partial charge in [-0.25, -0.2) is 4.79 Å². The highest BCUT2D eigenvalue weighted by molar-refractivity contribution is 8.03. The van der Waals surface area contributed by atoms with Crippen molar-refractivity contribution in [2.45, 2.75) is 25.5 Å². The summed E-state index contributed by atoms with van der Waals surface area (Å²) in [5.74, 6) is 0.521. The highest BCUT2D eigenvalue weighted by Gasteiger charge is 2.15. The van der Waals surface area contributed by atoms with Crippen LogP contribution in [0.25, 0.3) is 6.08 Å². The molecule has 8 heteroatoms. The molecule has 0 amide bonds. The lowest BCUT2D eigenvalue weighted by Gasteiger charge is -2.10. The minimum Gasteiger partial charge on any atom is -0.493 e. The second-order valence-corrected chi connectivity index (χ2v) is 5.57. The topological polar surface area (TPSA) is 94.7 Å². The standard InChI is InChI=1S/C16H18N2O5S/c1-4-14-17-18-16(23-14)24-13(15(19)20)9-10-6-7-11(21-3)12(8-10)22-5-2/h6-9H,4-5H2,1-3H3,(H,19,20)/b13-9-. The van der Waals surface area contributed by atoms with Crippen LogP contribution in [0.15, 0.2) is 32.7 Å². The van der Waals surface area contributed by atoms with Gasteiger partial charge in [0, 0.05) is 6.42 Å². The highest BCUT2D eigenvalue weighted by Crippen LogP contribution is 2.32. The first-order valence-corrected chi connectivity index (χ1v) is 8.15. The van der Waals surface area contributed by atoms with Gasteiger partial charge in [-0.05, 0) is 42.5 Å². The molecule has 1 aromatic carbocycles. The molecule has 0 radical (unpaired) electrons. The lowest BCUT2D eigenvalue weighted by molar-refractivity contribution is -0.131. The smallest absolute Gasteiger partial charge is 0.342 e. The average Bonchev–Trinajstić information content (AvgIpc) is 3.02. The zero-order chi connectivity index (χ0) is 17.5. The Morgan fingerprint density at radius 3 is 2.71 bits per heavy atom. The van der Waals surface area contributed by atoms with Crippen molar-refractivity contribution in [2.24, 2.45) is 0 Å². The molecule has 2 rings (SSSR count). The predicted molar refractivity (Wildman–Crippen MR) is 89.3 cm³/mol. The summed E-state index contributed by atoms with van der Waals surface area (Å²) in [6.45, 7) is 4.22. The van der Waals surface area contributed by atoms with E-state index in [1.54, 1.807) is 25.3 Å². The van der Waals surface area contributed by atoms with Crippen LogP contribution in [0.3, 0.4) is 0 Å². The van der Waals surface area contributed by atoms with Crippen LogP contribution < -0.4 is 9.47 Å². The number of aryl methyl sites for hydroxylation is 1. The van der Waals surface area contributed by atoms with E-state index >= 15 is 0 Å². The number of carboxylic acids is 1. The second-order valence-electron chi connectivity index (χ2n) is 4.57. The Balaban J connectivity index is 2.29. The number of carbonyl (C=O) groups is 1. The first-order valence-electron chi connectivity index (χ1n) is 7.33. The van der Waals surface area contributed by atoms with Crippen LogP contribution in [0, 0.1) is 0 Å². The molecule has 1 N–H and O–H groups in total. The molecule has 128 valence electrons. The maximum Gasteiger partial charge on any atom is 0.342 e. The summed E-state index contributed by atoms with van der Waals surface area (Å²) in [4.78, 5) is 11.5. The number of benzene rings is 1. The van der Waals surface area contributed by atoms with E-state index < -0.39 is 5.97 Å². The number of hydrogen-bond donors (Lipinski definition) is 1. The molecule has 0 saturated carbocycles. The van der Waals surface area contributed by atoms with Crippen LogP contribution in [0.1, 0.15) is 25.3 Å². The monoisotopic (exact) mass is 350 g/mol. The molecule has 0 aliphatic rings. The van der Waals surface area contributed by atoms with E-state index in [1.165, 1.54) is 6.08 Å². The molecule has 0 saturated heterocycles. The van der Waals surface area contributed by atoms with E-state index in [-0.39, 0.29) is 10.1 Å². The number of hydrogen-bond acceptors (Lipinski definition) is 7. The van der Waals surface area contributed by atoms with Crippen molar-refractivity contribution in [1.82, 2.24) is 10.2 Å². The largest absolute Gasteiger partial charge is 0.493 e. The normalized spacial score (nSPS) is 11.4. The van der Waals surface area contributed by atoms with Gasteiger partial charge >= 0.3 is 5.97 Å². The Hall–Kier alpha value is -2.48. The van der Waals surface area contributed by atoms with Crippen molar-refractivity contribution in [3.63, 3.8) is 0 Å². The average molecular weight is 350 g/mol. The summed E-state index contributed by atoms with van der Waals surface area (Å²) in [6.07, 6.45) is 2.11. The van der Waals surface area contributed by atoms with E-state index in [0.717, 1.165) is 11.8 Å². The van der Waals surface area contributed by atoms with Gasteiger partial charge in [-0.2, -0.15) is 0 Å². The van der Waals surface area contributed by atoms with E-state index in [2.05, 4.69) is 10.2 Å². The van der Waals surface area contributed by atoms with E-state index in [1.807, 2.05) is 13.8 Å². The molecule has 7 nitrogen and oxygen atoms in total. The summed E-state index contributed by atoms with van der Waals surface area (Å²) < 4.78 is 16.1. The molecular weight excluding hydrogens is 332 g/mol. The fourth-order valence-corrected chi connectivity index (χ4v) is 2.54. The van der Waals surface area contributed by atoms with E-state index in [0.29, 0.717) is 36.0 Å². The molecule has 0 aliphatic carbocycles. The Kier molecular flexibility index (Phi) is 6.25. The van der Waals surface area contributed by atoms with E-state index in [4.69, 9.17) is 13.9 Å². The van der Waals surface area contributed by atoms with Crippen molar-refractivity contribution in [1.29, 1.82) is 0 Å². The number of ether oxygens (including phenoxy) is 2. The number of carboxylic acid groups (broad SMARTS) is 1. The fourth-order valence-electron chi connectivity index (χ4n) is 1.85. The van der Waals surface area contributed by atoms with Gasteiger partial charge in [0.2, 0.25) is 5.89 Å². The minimum absolute atomic E-state index is 0.0638. The summed E-state index contributed by atoms with van der Waals surface area (Å²) in [7, 11) is 1.55. The molecule has 24 heavy (non-hydrogen) atoms. The number of rotatable bonds is 8. The highest BCUT2D eigenvalue weighted by atomic mass is 32.2. The minimum atomic E-state index is -1.08. The fraction of sp³-hybridized carbons (Fsp3) is 0.312. The summed E-state index contributed by atoms with van der Waals surface area (Å²) >= 11 is 0.906. The number of aromatic nitrogens is 2. The maximum atomic E-state index is 11.5. The number of aliphatic carboxylic acids is 1. The van der Waals surface area contributed by atoms with Gasteiger partial charge in [-0.1, -0.05) is 13.0 Å². The van der Waals surface area contributed by atoms with Gasteiger partial charge < -0.3 is 19.0 Å². The Morgan fingerprint density at radius 1 is 1.33 bits per heavy atom. The Bertz CT molecular complexity index is 742. The van der Waals surface area contributed by atoms with Crippen molar-refractivity contribution >= 4 is 23.8 Å². The molecule has 1 heterocycles. The lowest BCUT2D eigenvalue weighted by atomic mass is 10.2. The van der Waals surface area contributed by atoms with Crippen LogP contribution in [-0.2, 0) is 11.2 Å². The predicted octanol–water partition coefficient (Wildman–Crippen LogP) is 3.26. The number of methoxy groups -OCH3 is 1. The van der Waals surface area contributed by atoms with Crippen LogP contribution >= 0.6 is 11.8 Å².